The Morgan fingerprint density at radius 2 is 2.35 bits per heavy atom. The average Bonchev–Trinajstić information content (AvgIpc) is 2.83. The second-order valence-corrected chi connectivity index (χ2v) is 6.14. The Hall–Kier alpha value is -0.940. The first kappa shape index (κ1) is 15.4. The highest BCUT2D eigenvalue weighted by Crippen LogP contribution is 2.28. The molecule has 1 aromatic heterocycles. The first-order valence-electron chi connectivity index (χ1n) is 7.08. The maximum Gasteiger partial charge on any atom is 0.0587 e. The summed E-state index contributed by atoms with van der Waals surface area (Å²) < 4.78 is 0. The van der Waals surface area contributed by atoms with E-state index >= 15 is 0 Å². The van der Waals surface area contributed by atoms with Gasteiger partial charge in [0.15, 0.2) is 0 Å². The molecule has 2 rings (SSSR count). The third-order valence-electron chi connectivity index (χ3n) is 3.86. The van der Waals surface area contributed by atoms with E-state index in [4.69, 9.17) is 0 Å². The third kappa shape index (κ3) is 3.38. The van der Waals surface area contributed by atoms with Crippen molar-refractivity contribution >= 4 is 23.5 Å². The molecule has 1 fully saturated rings. The predicted molar refractivity (Wildman–Crippen MR) is 85.6 cm³/mol. The van der Waals surface area contributed by atoms with Crippen molar-refractivity contribution in [2.75, 3.05) is 13.2 Å². The van der Waals surface area contributed by atoms with Crippen LogP contribution in [0.2, 0.25) is 0 Å². The van der Waals surface area contributed by atoms with E-state index in [1.54, 1.807) is 11.3 Å². The van der Waals surface area contributed by atoms with E-state index in [1.165, 1.54) is 16.0 Å². The average molecular weight is 293 g/mol. The van der Waals surface area contributed by atoms with E-state index in [2.05, 4.69) is 22.9 Å². The molecule has 0 aromatic carbocycles. The summed E-state index contributed by atoms with van der Waals surface area (Å²) in [4.78, 5) is 3.50. The molecule has 0 bridgehead atoms. The Kier molecular flexibility index (Phi) is 5.54. The summed E-state index contributed by atoms with van der Waals surface area (Å²) in [5.41, 5.74) is 2.45. The highest BCUT2D eigenvalue weighted by Gasteiger charge is 2.27. The van der Waals surface area contributed by atoms with E-state index in [0.29, 0.717) is 6.42 Å². The second kappa shape index (κ2) is 7.18. The summed E-state index contributed by atoms with van der Waals surface area (Å²) in [5, 5.41) is 21.4. The number of allylic oxidation sites excluding steroid dienone is 1. The molecule has 0 saturated carbocycles. The lowest BCUT2D eigenvalue weighted by molar-refractivity contribution is 0.0129. The predicted octanol–water partition coefficient (Wildman–Crippen LogP) is 2.74. The Balaban J connectivity index is 2.14. The molecule has 1 aliphatic rings. The topological polar surface area (TPSA) is 43.7 Å². The molecule has 0 radical (unpaired) electrons. The number of piperidine rings is 1. The van der Waals surface area contributed by atoms with Crippen LogP contribution in [0.4, 0.5) is 0 Å². The van der Waals surface area contributed by atoms with Gasteiger partial charge in [0.25, 0.3) is 0 Å². The van der Waals surface area contributed by atoms with Crippen LogP contribution in [0.25, 0.3) is 12.2 Å². The van der Waals surface area contributed by atoms with Crippen molar-refractivity contribution in [3.8, 4) is 0 Å². The van der Waals surface area contributed by atoms with Gasteiger partial charge in [-0.1, -0.05) is 18.7 Å². The number of likely N-dealkylation sites (tertiary alicyclic amines) is 1. The van der Waals surface area contributed by atoms with Gasteiger partial charge in [-0.2, -0.15) is 0 Å². The van der Waals surface area contributed by atoms with Crippen LogP contribution in [0, 0.1) is 0 Å². The molecule has 2 unspecified atom stereocenters. The molecule has 0 spiro atoms. The minimum Gasteiger partial charge on any atom is -0.395 e. The van der Waals surface area contributed by atoms with Crippen molar-refractivity contribution in [1.29, 1.82) is 0 Å². The Morgan fingerprint density at radius 3 is 3.00 bits per heavy atom. The number of aliphatic hydroxyl groups excluding tert-OH is 2. The molecule has 0 aliphatic carbocycles. The van der Waals surface area contributed by atoms with E-state index in [0.717, 1.165) is 19.5 Å². The van der Waals surface area contributed by atoms with Crippen LogP contribution in [0.3, 0.4) is 0 Å². The van der Waals surface area contributed by atoms with Gasteiger partial charge < -0.3 is 10.2 Å². The molecule has 2 N–H and O–H groups in total. The summed E-state index contributed by atoms with van der Waals surface area (Å²) in [5.74, 6) is 0. The van der Waals surface area contributed by atoms with Crippen molar-refractivity contribution in [3.63, 3.8) is 0 Å². The van der Waals surface area contributed by atoms with E-state index in [1.807, 2.05) is 19.1 Å². The molecule has 1 aromatic rings. The van der Waals surface area contributed by atoms with Gasteiger partial charge in [-0.3, -0.25) is 4.90 Å². The Labute approximate surface area is 124 Å². The fraction of sp³-hybridized carbons (Fsp3) is 0.500. The van der Waals surface area contributed by atoms with Crippen molar-refractivity contribution in [1.82, 2.24) is 4.90 Å². The highest BCUT2D eigenvalue weighted by molar-refractivity contribution is 7.11. The second-order valence-electron chi connectivity index (χ2n) is 5.23. The summed E-state index contributed by atoms with van der Waals surface area (Å²) in [6, 6.07) is 0.0569. The largest absolute Gasteiger partial charge is 0.395 e. The van der Waals surface area contributed by atoms with Crippen molar-refractivity contribution in [3.05, 3.63) is 34.0 Å². The van der Waals surface area contributed by atoms with Crippen LogP contribution >= 0.6 is 11.3 Å². The maximum atomic E-state index is 9.71. The normalized spacial score (nSPS) is 24.4. The van der Waals surface area contributed by atoms with E-state index in [-0.39, 0.29) is 18.8 Å². The molecular weight excluding hydrogens is 270 g/mol. The third-order valence-corrected chi connectivity index (χ3v) is 4.87. The molecular formula is C16H23NO2S. The lowest BCUT2D eigenvalue weighted by Crippen LogP contribution is -2.45. The molecule has 20 heavy (non-hydrogen) atoms. The standard InChI is InChI=1S/C16H23NO2S/c1-3-5-16-15(4-2)12(11-20-16)9-17-7-6-14(19)8-13(17)10-18/h3-5,11,13-14,18-19H,2,6-10H2,1H3/b5-3-. The van der Waals surface area contributed by atoms with Crippen LogP contribution in [0.5, 0.6) is 0 Å². The first-order valence-corrected chi connectivity index (χ1v) is 7.96. The Morgan fingerprint density at radius 1 is 1.55 bits per heavy atom. The molecule has 2 heterocycles. The molecule has 2 atom stereocenters. The van der Waals surface area contributed by atoms with Crippen LogP contribution < -0.4 is 0 Å². The molecule has 1 saturated heterocycles. The SMILES string of the molecule is C=Cc1c(CN2CCC(O)CC2CO)csc1/C=C\C. The lowest BCUT2D eigenvalue weighted by atomic mass is 9.99. The fourth-order valence-corrected chi connectivity index (χ4v) is 3.78. The number of rotatable bonds is 5. The van der Waals surface area contributed by atoms with Crippen LogP contribution in [0.1, 0.15) is 35.8 Å². The summed E-state index contributed by atoms with van der Waals surface area (Å²) >= 11 is 1.73. The lowest BCUT2D eigenvalue weighted by Gasteiger charge is -2.36. The minimum atomic E-state index is -0.275. The molecule has 4 heteroatoms. The first-order chi connectivity index (χ1) is 9.69. The van der Waals surface area contributed by atoms with E-state index < -0.39 is 0 Å². The smallest absolute Gasteiger partial charge is 0.0587 e. The molecule has 3 nitrogen and oxygen atoms in total. The zero-order chi connectivity index (χ0) is 14.5. The number of hydrogen-bond acceptors (Lipinski definition) is 4. The van der Waals surface area contributed by atoms with Crippen LogP contribution in [-0.4, -0.2) is 40.4 Å². The van der Waals surface area contributed by atoms with Gasteiger partial charge >= 0.3 is 0 Å². The van der Waals surface area contributed by atoms with Gasteiger partial charge in [0.2, 0.25) is 0 Å². The van der Waals surface area contributed by atoms with Gasteiger partial charge in [-0.25, -0.2) is 0 Å². The molecule has 1 aliphatic heterocycles. The zero-order valence-corrected chi connectivity index (χ0v) is 12.8. The maximum absolute atomic E-state index is 9.71. The fourth-order valence-electron chi connectivity index (χ4n) is 2.75. The monoisotopic (exact) mass is 293 g/mol. The number of nitrogens with zero attached hydrogens (tertiary/aromatic N) is 1. The van der Waals surface area contributed by atoms with Gasteiger partial charge in [-0.15, -0.1) is 11.3 Å². The number of thiophene rings is 1. The minimum absolute atomic E-state index is 0.0569. The van der Waals surface area contributed by atoms with Crippen molar-refractivity contribution in [2.24, 2.45) is 0 Å². The van der Waals surface area contributed by atoms with Gasteiger partial charge in [-0.05, 0) is 42.3 Å². The summed E-state index contributed by atoms with van der Waals surface area (Å²) in [6.45, 7) is 7.68. The highest BCUT2D eigenvalue weighted by atomic mass is 32.1. The summed E-state index contributed by atoms with van der Waals surface area (Å²) in [6.07, 6.45) is 7.22. The van der Waals surface area contributed by atoms with Crippen LogP contribution in [0.15, 0.2) is 18.0 Å². The van der Waals surface area contributed by atoms with Crippen LogP contribution in [-0.2, 0) is 6.54 Å². The molecule has 0 amide bonds. The quantitative estimate of drug-likeness (QED) is 0.877. The zero-order valence-electron chi connectivity index (χ0n) is 12.0. The Bertz CT molecular complexity index is 481. The van der Waals surface area contributed by atoms with Crippen molar-refractivity contribution < 1.29 is 10.2 Å². The number of aliphatic hydroxyl groups is 2. The molecule has 110 valence electrons. The van der Waals surface area contributed by atoms with E-state index in [9.17, 15) is 10.2 Å². The summed E-state index contributed by atoms with van der Waals surface area (Å²) in [7, 11) is 0. The van der Waals surface area contributed by atoms with Gasteiger partial charge in [0.1, 0.15) is 0 Å². The van der Waals surface area contributed by atoms with Gasteiger partial charge in [0.05, 0.1) is 12.7 Å². The van der Waals surface area contributed by atoms with Gasteiger partial charge in [0, 0.05) is 24.0 Å². The van der Waals surface area contributed by atoms with Crippen molar-refractivity contribution in [2.45, 2.75) is 38.5 Å². The number of hydrogen-bond donors (Lipinski definition) is 2.